The molecule has 0 aromatic carbocycles. The van der Waals surface area contributed by atoms with Gasteiger partial charge in [0, 0.05) is 0 Å². The molecule has 0 aliphatic rings. The lowest BCUT2D eigenvalue weighted by molar-refractivity contribution is -0.00724. The van der Waals surface area contributed by atoms with Gasteiger partial charge >= 0.3 is 0 Å². The van der Waals surface area contributed by atoms with Crippen molar-refractivity contribution >= 4 is 34.2 Å². The number of halogens is 2. The van der Waals surface area contributed by atoms with Crippen LogP contribution >= 0.6 is 34.2 Å². The van der Waals surface area contributed by atoms with Gasteiger partial charge in [-0.3, -0.25) is 9.36 Å². The summed E-state index contributed by atoms with van der Waals surface area (Å²) in [5, 5.41) is 0.249. The summed E-state index contributed by atoms with van der Waals surface area (Å²) in [6, 6.07) is 0. The molecular weight excluding hydrogens is 342 g/mol. The molecule has 0 bridgehead atoms. The van der Waals surface area contributed by atoms with Crippen molar-refractivity contribution in [2.75, 3.05) is 6.61 Å². The van der Waals surface area contributed by atoms with E-state index < -0.39 is 0 Å². The summed E-state index contributed by atoms with van der Waals surface area (Å²) in [4.78, 5) is 15.6. The lowest BCUT2D eigenvalue weighted by atomic mass is 10.2. The largest absolute Gasteiger partial charge is 0.374 e. The van der Waals surface area contributed by atoms with Crippen molar-refractivity contribution in [3.63, 3.8) is 0 Å². The summed E-state index contributed by atoms with van der Waals surface area (Å²) < 4.78 is 7.48. The fourth-order valence-electron chi connectivity index (χ4n) is 1.05. The molecule has 0 spiro atoms. The smallest absolute Gasteiger partial charge is 0.268 e. The minimum Gasteiger partial charge on any atom is -0.374 e. The molecule has 1 rings (SSSR count). The van der Waals surface area contributed by atoms with Gasteiger partial charge in [-0.1, -0.05) is 11.6 Å². The average Bonchev–Trinajstić information content (AvgIpc) is 2.16. The molecule has 0 N–H and O–H groups in total. The van der Waals surface area contributed by atoms with Gasteiger partial charge in [0.25, 0.3) is 5.56 Å². The van der Waals surface area contributed by atoms with Crippen LogP contribution in [0.2, 0.25) is 5.15 Å². The topological polar surface area (TPSA) is 44.1 Å². The zero-order valence-corrected chi connectivity index (χ0v) is 12.4. The Morgan fingerprint density at radius 2 is 2.19 bits per heavy atom. The highest BCUT2D eigenvalue weighted by molar-refractivity contribution is 14.1. The van der Waals surface area contributed by atoms with Crippen molar-refractivity contribution in [1.82, 2.24) is 9.55 Å². The maximum absolute atomic E-state index is 11.7. The molecule has 0 aliphatic carbocycles. The molecule has 0 saturated heterocycles. The van der Waals surface area contributed by atoms with E-state index in [9.17, 15) is 4.79 Å². The first kappa shape index (κ1) is 13.9. The summed E-state index contributed by atoms with van der Waals surface area (Å²) in [6.07, 6.45) is 1.44. The average molecular weight is 357 g/mol. The lowest BCUT2D eigenvalue weighted by Gasteiger charge is -2.19. The number of hydrogen-bond acceptors (Lipinski definition) is 3. The lowest BCUT2D eigenvalue weighted by Crippen LogP contribution is -2.28. The molecule has 0 unspecified atom stereocenters. The summed E-state index contributed by atoms with van der Waals surface area (Å²) in [6.45, 7) is 6.87. The predicted octanol–water partition coefficient (Wildman–Crippen LogP) is 2.32. The Labute approximate surface area is 113 Å². The summed E-state index contributed by atoms with van der Waals surface area (Å²) in [5.74, 6) is 0. The van der Waals surface area contributed by atoms with Crippen LogP contribution in [0.25, 0.3) is 0 Å². The van der Waals surface area contributed by atoms with E-state index in [-0.39, 0.29) is 16.3 Å². The SMILES string of the molecule is CC(C)(C)OCCn1cnc(Cl)c(I)c1=O. The van der Waals surface area contributed by atoms with Gasteiger partial charge in [-0.2, -0.15) is 0 Å². The highest BCUT2D eigenvalue weighted by Crippen LogP contribution is 2.10. The Morgan fingerprint density at radius 1 is 1.56 bits per heavy atom. The molecule has 6 heteroatoms. The Kier molecular flexibility index (Phi) is 4.75. The van der Waals surface area contributed by atoms with Crippen LogP contribution in [0.5, 0.6) is 0 Å². The number of hydrogen-bond donors (Lipinski definition) is 0. The van der Waals surface area contributed by atoms with E-state index in [4.69, 9.17) is 16.3 Å². The molecular formula is C10H14ClIN2O2. The number of ether oxygens (including phenoxy) is 1. The van der Waals surface area contributed by atoms with Crippen molar-refractivity contribution in [2.24, 2.45) is 0 Å². The first-order valence-corrected chi connectivity index (χ1v) is 6.31. The van der Waals surface area contributed by atoms with E-state index in [2.05, 4.69) is 4.98 Å². The van der Waals surface area contributed by atoms with Crippen LogP contribution in [0.3, 0.4) is 0 Å². The summed E-state index contributed by atoms with van der Waals surface area (Å²) in [7, 11) is 0. The van der Waals surface area contributed by atoms with Crippen LogP contribution in [0.15, 0.2) is 11.1 Å². The standard InChI is InChI=1S/C10H14ClIN2O2/c1-10(2,3)16-5-4-14-6-13-8(11)7(12)9(14)15/h6H,4-5H2,1-3H3. The number of aromatic nitrogens is 2. The van der Waals surface area contributed by atoms with E-state index >= 15 is 0 Å². The van der Waals surface area contributed by atoms with Crippen LogP contribution < -0.4 is 5.56 Å². The van der Waals surface area contributed by atoms with E-state index in [0.29, 0.717) is 16.7 Å². The van der Waals surface area contributed by atoms with Gasteiger partial charge in [0.2, 0.25) is 0 Å². The molecule has 4 nitrogen and oxygen atoms in total. The second-order valence-electron chi connectivity index (χ2n) is 4.31. The highest BCUT2D eigenvalue weighted by atomic mass is 127. The number of nitrogens with zero attached hydrogens (tertiary/aromatic N) is 2. The van der Waals surface area contributed by atoms with Gasteiger partial charge in [0.15, 0.2) is 0 Å². The van der Waals surface area contributed by atoms with E-state index in [1.807, 2.05) is 43.4 Å². The van der Waals surface area contributed by atoms with Crippen LogP contribution in [-0.2, 0) is 11.3 Å². The van der Waals surface area contributed by atoms with Crippen molar-refractivity contribution in [3.8, 4) is 0 Å². The Bertz CT molecular complexity index is 426. The van der Waals surface area contributed by atoms with Crippen LogP contribution in [0.4, 0.5) is 0 Å². The third-order valence-electron chi connectivity index (χ3n) is 1.81. The number of rotatable bonds is 3. The first-order valence-electron chi connectivity index (χ1n) is 4.85. The van der Waals surface area contributed by atoms with Gasteiger partial charge in [-0.15, -0.1) is 0 Å². The predicted molar refractivity (Wildman–Crippen MR) is 71.9 cm³/mol. The highest BCUT2D eigenvalue weighted by Gasteiger charge is 2.11. The fourth-order valence-corrected chi connectivity index (χ4v) is 1.63. The molecule has 0 amide bonds. The first-order chi connectivity index (χ1) is 7.31. The second kappa shape index (κ2) is 5.46. The molecule has 1 aromatic heterocycles. The van der Waals surface area contributed by atoms with E-state index in [1.54, 1.807) is 0 Å². The van der Waals surface area contributed by atoms with Gasteiger partial charge in [0.1, 0.15) is 8.72 Å². The maximum atomic E-state index is 11.7. The zero-order chi connectivity index (χ0) is 12.3. The molecule has 1 heterocycles. The van der Waals surface area contributed by atoms with Crippen LogP contribution in [0, 0.1) is 3.57 Å². The molecule has 1 aromatic rings. The summed E-state index contributed by atoms with van der Waals surface area (Å²) in [5.41, 5.74) is -0.325. The van der Waals surface area contributed by atoms with Crippen LogP contribution in [-0.4, -0.2) is 21.8 Å². The minimum absolute atomic E-state index is 0.127. The van der Waals surface area contributed by atoms with Gasteiger partial charge in [-0.25, -0.2) is 4.98 Å². The Morgan fingerprint density at radius 3 is 2.75 bits per heavy atom. The van der Waals surface area contributed by atoms with Crippen molar-refractivity contribution in [1.29, 1.82) is 0 Å². The third kappa shape index (κ3) is 4.03. The molecule has 16 heavy (non-hydrogen) atoms. The van der Waals surface area contributed by atoms with Crippen molar-refractivity contribution < 1.29 is 4.74 Å². The quantitative estimate of drug-likeness (QED) is 0.617. The molecule has 0 radical (unpaired) electrons. The van der Waals surface area contributed by atoms with Crippen LogP contribution in [0.1, 0.15) is 20.8 Å². The fraction of sp³-hybridized carbons (Fsp3) is 0.600. The van der Waals surface area contributed by atoms with Gasteiger partial charge in [0.05, 0.1) is 25.1 Å². The second-order valence-corrected chi connectivity index (χ2v) is 5.75. The van der Waals surface area contributed by atoms with Gasteiger partial charge < -0.3 is 4.74 Å². The molecule has 0 atom stereocenters. The Balaban J connectivity index is 2.69. The normalized spacial score (nSPS) is 11.8. The summed E-state index contributed by atoms with van der Waals surface area (Å²) >= 11 is 7.62. The third-order valence-corrected chi connectivity index (χ3v) is 3.39. The monoisotopic (exact) mass is 356 g/mol. The zero-order valence-electron chi connectivity index (χ0n) is 9.46. The molecule has 90 valence electrons. The van der Waals surface area contributed by atoms with Crippen molar-refractivity contribution in [2.45, 2.75) is 32.9 Å². The van der Waals surface area contributed by atoms with E-state index in [0.717, 1.165) is 0 Å². The Hall–Kier alpha value is -0.140. The molecule has 0 fully saturated rings. The molecule has 0 aliphatic heterocycles. The van der Waals surface area contributed by atoms with Crippen molar-refractivity contribution in [3.05, 3.63) is 25.4 Å². The molecule has 0 saturated carbocycles. The van der Waals surface area contributed by atoms with E-state index in [1.165, 1.54) is 10.9 Å². The maximum Gasteiger partial charge on any atom is 0.268 e. The van der Waals surface area contributed by atoms with Gasteiger partial charge in [-0.05, 0) is 43.4 Å². The minimum atomic E-state index is -0.198.